The number of methoxy groups -OCH3 is 1. The second-order valence-electron chi connectivity index (χ2n) is 9.67. The van der Waals surface area contributed by atoms with Gasteiger partial charge >= 0.3 is 6.09 Å². The van der Waals surface area contributed by atoms with Gasteiger partial charge in [0.1, 0.15) is 17.9 Å². The summed E-state index contributed by atoms with van der Waals surface area (Å²) in [5.74, 6) is -5.19. The molecule has 2 aromatic rings. The van der Waals surface area contributed by atoms with Gasteiger partial charge in [-0.25, -0.2) is 18.0 Å². The van der Waals surface area contributed by atoms with E-state index in [0.717, 1.165) is 29.0 Å². The highest BCUT2D eigenvalue weighted by molar-refractivity contribution is 6.31. The molecule has 2 N–H and O–H groups in total. The van der Waals surface area contributed by atoms with Crippen LogP contribution in [0.4, 0.5) is 23.7 Å². The first kappa shape index (κ1) is 29.6. The molecule has 13 heteroatoms. The minimum Gasteiger partial charge on any atom is -0.453 e. The van der Waals surface area contributed by atoms with Crippen molar-refractivity contribution in [3.63, 3.8) is 0 Å². The normalized spacial score (nSPS) is 20.9. The Hall–Kier alpha value is -3.35. The number of halogens is 4. The van der Waals surface area contributed by atoms with Gasteiger partial charge in [-0.05, 0) is 24.3 Å². The molecule has 0 radical (unpaired) electrons. The molecule has 0 bridgehead atoms. The van der Waals surface area contributed by atoms with Crippen LogP contribution in [-0.4, -0.2) is 78.9 Å². The van der Waals surface area contributed by atoms with Crippen molar-refractivity contribution >= 4 is 35.2 Å². The van der Waals surface area contributed by atoms with Crippen molar-refractivity contribution in [1.29, 1.82) is 0 Å². The first-order chi connectivity index (χ1) is 19.0. The van der Waals surface area contributed by atoms with E-state index in [0.29, 0.717) is 0 Å². The van der Waals surface area contributed by atoms with E-state index in [1.54, 1.807) is 12.1 Å². The highest BCUT2D eigenvalue weighted by Crippen LogP contribution is 2.39. The van der Waals surface area contributed by atoms with Crippen LogP contribution >= 0.6 is 11.6 Å². The Morgan fingerprint density at radius 1 is 1.20 bits per heavy atom. The highest BCUT2D eigenvalue weighted by Gasteiger charge is 2.49. The van der Waals surface area contributed by atoms with Crippen LogP contribution in [0.1, 0.15) is 30.9 Å². The van der Waals surface area contributed by atoms with E-state index in [1.165, 1.54) is 24.3 Å². The predicted molar refractivity (Wildman–Crippen MR) is 139 cm³/mol. The van der Waals surface area contributed by atoms with Crippen LogP contribution in [0.25, 0.3) is 0 Å². The van der Waals surface area contributed by atoms with Crippen LogP contribution < -0.4 is 10.2 Å². The maximum atomic E-state index is 14.5. The standard InChI is InChI=1S/C27H29ClF3N3O6/c1-39-26(38)33-15-19(40-10-9-35)12-22(33)25(37)34(18-6-4-5-16(29)11-18)23(20-7-2-3-8-21(20)28)24(36)32-17-13-27(30,31)14-17/h2-8,11,17,19,22-23,35H,9-10,12-15H2,1H3,(H,32,36)/t19-,22+,23+/m1/s1. The molecule has 2 fully saturated rings. The van der Waals surface area contributed by atoms with Crippen molar-refractivity contribution in [1.82, 2.24) is 10.2 Å². The van der Waals surface area contributed by atoms with E-state index in [2.05, 4.69) is 5.32 Å². The molecule has 1 heterocycles. The molecule has 216 valence electrons. The quantitative estimate of drug-likeness (QED) is 0.466. The second-order valence-corrected chi connectivity index (χ2v) is 10.1. The van der Waals surface area contributed by atoms with Gasteiger partial charge in [0.2, 0.25) is 5.91 Å². The van der Waals surface area contributed by atoms with Crippen LogP contribution in [-0.2, 0) is 19.1 Å². The lowest BCUT2D eigenvalue weighted by Gasteiger charge is -2.39. The molecule has 40 heavy (non-hydrogen) atoms. The van der Waals surface area contributed by atoms with E-state index in [-0.39, 0.29) is 42.5 Å². The summed E-state index contributed by atoms with van der Waals surface area (Å²) in [4.78, 5) is 42.9. The summed E-state index contributed by atoms with van der Waals surface area (Å²) in [5, 5.41) is 11.8. The molecule has 1 aliphatic heterocycles. The monoisotopic (exact) mass is 583 g/mol. The van der Waals surface area contributed by atoms with E-state index in [4.69, 9.17) is 26.2 Å². The fourth-order valence-corrected chi connectivity index (χ4v) is 5.26. The average molecular weight is 584 g/mol. The summed E-state index contributed by atoms with van der Waals surface area (Å²) in [6.45, 7) is -0.358. The molecule has 9 nitrogen and oxygen atoms in total. The molecule has 4 rings (SSSR count). The third-order valence-corrected chi connectivity index (χ3v) is 7.21. The number of carbonyl (C=O) groups is 3. The van der Waals surface area contributed by atoms with Gasteiger partial charge in [0.25, 0.3) is 11.8 Å². The number of nitrogens with zero attached hydrogens (tertiary/aromatic N) is 2. The molecule has 0 spiro atoms. The zero-order valence-corrected chi connectivity index (χ0v) is 22.3. The molecule has 3 amide bonds. The molecular weight excluding hydrogens is 555 g/mol. The smallest absolute Gasteiger partial charge is 0.410 e. The first-order valence-corrected chi connectivity index (χ1v) is 13.0. The number of anilines is 1. The number of carbonyl (C=O) groups excluding carboxylic acids is 3. The number of nitrogens with one attached hydrogen (secondary N) is 1. The summed E-state index contributed by atoms with van der Waals surface area (Å²) in [7, 11) is 1.14. The fourth-order valence-electron chi connectivity index (χ4n) is 5.02. The largest absolute Gasteiger partial charge is 0.453 e. The van der Waals surface area contributed by atoms with Gasteiger partial charge in [-0.15, -0.1) is 0 Å². The minimum absolute atomic E-state index is 0.00847. The molecule has 1 aliphatic carbocycles. The van der Waals surface area contributed by atoms with Crippen LogP contribution in [0.3, 0.4) is 0 Å². The number of ether oxygens (including phenoxy) is 2. The predicted octanol–water partition coefficient (Wildman–Crippen LogP) is 3.69. The first-order valence-electron chi connectivity index (χ1n) is 12.6. The SMILES string of the molecule is COC(=O)N1C[C@H](OCCO)C[C@H]1C(=O)N(c1cccc(F)c1)[C@H](C(=O)NC1CC(F)(F)C1)c1ccccc1Cl. The Morgan fingerprint density at radius 3 is 2.55 bits per heavy atom. The number of benzene rings is 2. The maximum Gasteiger partial charge on any atom is 0.410 e. The fraction of sp³-hybridized carbons (Fsp3) is 0.444. The molecule has 2 aromatic carbocycles. The van der Waals surface area contributed by atoms with E-state index in [9.17, 15) is 27.6 Å². The molecule has 1 saturated carbocycles. The Morgan fingerprint density at radius 2 is 1.93 bits per heavy atom. The summed E-state index contributed by atoms with van der Waals surface area (Å²) in [6, 6.07) is 7.60. The summed E-state index contributed by atoms with van der Waals surface area (Å²) in [6.07, 6.45) is -2.61. The van der Waals surface area contributed by atoms with Crippen molar-refractivity contribution in [2.24, 2.45) is 0 Å². The van der Waals surface area contributed by atoms with Gasteiger partial charge < -0.3 is 19.9 Å². The topological polar surface area (TPSA) is 108 Å². The second kappa shape index (κ2) is 12.4. The summed E-state index contributed by atoms with van der Waals surface area (Å²) < 4.78 is 52.0. The van der Waals surface area contributed by atoms with Crippen LogP contribution in [0.15, 0.2) is 48.5 Å². The summed E-state index contributed by atoms with van der Waals surface area (Å²) in [5.41, 5.74) is 0.148. The minimum atomic E-state index is -2.91. The number of hydrogen-bond donors (Lipinski definition) is 2. The van der Waals surface area contributed by atoms with Gasteiger partial charge in [-0.2, -0.15) is 0 Å². The lowest BCUT2D eigenvalue weighted by molar-refractivity contribution is -0.133. The van der Waals surface area contributed by atoms with Crippen molar-refractivity contribution in [3.05, 3.63) is 64.9 Å². The molecular formula is C27H29ClF3N3O6. The summed E-state index contributed by atoms with van der Waals surface area (Å²) >= 11 is 6.46. The van der Waals surface area contributed by atoms with E-state index >= 15 is 0 Å². The molecule has 0 aromatic heterocycles. The van der Waals surface area contributed by atoms with Gasteiger partial charge in [0, 0.05) is 41.6 Å². The van der Waals surface area contributed by atoms with Crippen LogP contribution in [0.5, 0.6) is 0 Å². The number of amides is 3. The number of aliphatic hydroxyl groups is 1. The average Bonchev–Trinajstić information content (AvgIpc) is 3.33. The molecule has 0 unspecified atom stereocenters. The zero-order chi connectivity index (χ0) is 29.0. The number of likely N-dealkylation sites (tertiary alicyclic amines) is 1. The Balaban J connectivity index is 1.78. The lowest BCUT2D eigenvalue weighted by atomic mass is 9.87. The molecule has 3 atom stereocenters. The number of alkyl halides is 2. The van der Waals surface area contributed by atoms with Gasteiger partial charge in [0.05, 0.1) is 33.0 Å². The van der Waals surface area contributed by atoms with Crippen LogP contribution in [0.2, 0.25) is 5.02 Å². The van der Waals surface area contributed by atoms with Gasteiger partial charge in [-0.3, -0.25) is 19.4 Å². The zero-order valence-electron chi connectivity index (χ0n) is 21.6. The Bertz CT molecular complexity index is 1240. The van der Waals surface area contributed by atoms with Crippen molar-refractivity contribution in [2.75, 3.05) is 31.8 Å². The third kappa shape index (κ3) is 6.51. The maximum absolute atomic E-state index is 14.5. The number of hydrogen-bond acceptors (Lipinski definition) is 6. The number of rotatable bonds is 9. The Kier molecular flexibility index (Phi) is 9.22. The van der Waals surface area contributed by atoms with Crippen LogP contribution in [0, 0.1) is 5.82 Å². The Labute approximate surface area is 233 Å². The van der Waals surface area contributed by atoms with Crippen molar-refractivity contribution in [2.45, 2.75) is 49.4 Å². The molecule has 1 saturated heterocycles. The number of aliphatic hydroxyl groups excluding tert-OH is 1. The lowest BCUT2D eigenvalue weighted by Crippen LogP contribution is -2.56. The van der Waals surface area contributed by atoms with E-state index in [1.807, 2.05) is 0 Å². The van der Waals surface area contributed by atoms with E-state index < -0.39 is 66.7 Å². The van der Waals surface area contributed by atoms with Crippen molar-refractivity contribution < 1.29 is 42.1 Å². The highest BCUT2D eigenvalue weighted by atomic mass is 35.5. The molecule has 2 aliphatic rings. The third-order valence-electron chi connectivity index (χ3n) is 6.87. The van der Waals surface area contributed by atoms with Gasteiger partial charge in [0.15, 0.2) is 0 Å². The van der Waals surface area contributed by atoms with Crippen molar-refractivity contribution in [3.8, 4) is 0 Å². The van der Waals surface area contributed by atoms with Gasteiger partial charge in [-0.1, -0.05) is 35.9 Å².